The standard InChI is InChI=1S/C8H6Cl2N2S/c9-7-3-12(5-11-8(7)10)6-1-2-13-4-6/h1-4H,5H2. The van der Waals surface area contributed by atoms with Crippen molar-refractivity contribution in [2.45, 2.75) is 0 Å². The van der Waals surface area contributed by atoms with Gasteiger partial charge in [0, 0.05) is 11.6 Å². The minimum atomic E-state index is 0.383. The molecule has 13 heavy (non-hydrogen) atoms. The molecule has 0 unspecified atom stereocenters. The number of anilines is 1. The minimum Gasteiger partial charge on any atom is -0.326 e. The average Bonchev–Trinajstić information content (AvgIpc) is 2.62. The largest absolute Gasteiger partial charge is 0.326 e. The van der Waals surface area contributed by atoms with E-state index in [2.05, 4.69) is 4.99 Å². The molecule has 5 heteroatoms. The molecule has 0 saturated heterocycles. The van der Waals surface area contributed by atoms with E-state index >= 15 is 0 Å². The van der Waals surface area contributed by atoms with Crippen LogP contribution in [0.5, 0.6) is 0 Å². The third-order valence-electron chi connectivity index (χ3n) is 1.67. The van der Waals surface area contributed by atoms with Crippen LogP contribution < -0.4 is 4.90 Å². The number of aliphatic imine (C=N–C) groups is 1. The van der Waals surface area contributed by atoms with Gasteiger partial charge in [-0.05, 0) is 11.4 Å². The molecule has 0 radical (unpaired) electrons. The lowest BCUT2D eigenvalue weighted by atomic mass is 10.4. The van der Waals surface area contributed by atoms with Gasteiger partial charge in [-0.25, -0.2) is 4.99 Å². The quantitative estimate of drug-likeness (QED) is 0.726. The van der Waals surface area contributed by atoms with E-state index in [1.807, 2.05) is 21.7 Å². The molecular weight excluding hydrogens is 227 g/mol. The SMILES string of the molecule is ClC1=CN(c2ccsc2)CN=C1Cl. The van der Waals surface area contributed by atoms with E-state index in [-0.39, 0.29) is 0 Å². The number of thiophene rings is 1. The molecule has 1 aliphatic rings. The van der Waals surface area contributed by atoms with Crippen molar-refractivity contribution in [3.63, 3.8) is 0 Å². The summed E-state index contributed by atoms with van der Waals surface area (Å²) in [7, 11) is 0. The summed E-state index contributed by atoms with van der Waals surface area (Å²) in [4.78, 5) is 6.01. The van der Waals surface area contributed by atoms with Gasteiger partial charge in [0.2, 0.25) is 0 Å². The van der Waals surface area contributed by atoms with E-state index in [4.69, 9.17) is 23.2 Å². The number of allylic oxidation sites excluding steroid dienone is 1. The maximum atomic E-state index is 5.84. The second-order valence-corrected chi connectivity index (χ2v) is 4.06. The Morgan fingerprint density at radius 3 is 2.92 bits per heavy atom. The third-order valence-corrected chi connectivity index (χ3v) is 3.03. The van der Waals surface area contributed by atoms with Gasteiger partial charge >= 0.3 is 0 Å². The average molecular weight is 233 g/mol. The first-order valence-corrected chi connectivity index (χ1v) is 5.34. The third kappa shape index (κ3) is 1.88. The minimum absolute atomic E-state index is 0.383. The maximum absolute atomic E-state index is 5.84. The van der Waals surface area contributed by atoms with E-state index in [0.717, 1.165) is 5.69 Å². The van der Waals surface area contributed by atoms with Crippen molar-refractivity contribution >= 4 is 45.4 Å². The lowest BCUT2D eigenvalue weighted by Gasteiger charge is -2.20. The first kappa shape index (κ1) is 9.06. The van der Waals surface area contributed by atoms with Gasteiger partial charge in [0.1, 0.15) is 11.8 Å². The Kier molecular flexibility index (Phi) is 2.58. The summed E-state index contributed by atoms with van der Waals surface area (Å²) in [6, 6.07) is 2.01. The predicted octanol–water partition coefficient (Wildman–Crippen LogP) is 3.24. The summed E-state index contributed by atoms with van der Waals surface area (Å²) < 4.78 is 0. The molecule has 1 aromatic rings. The van der Waals surface area contributed by atoms with Crippen LogP contribution in [0.4, 0.5) is 5.69 Å². The summed E-state index contributed by atoms with van der Waals surface area (Å²) in [5.74, 6) is 0. The monoisotopic (exact) mass is 232 g/mol. The van der Waals surface area contributed by atoms with E-state index in [0.29, 0.717) is 16.9 Å². The van der Waals surface area contributed by atoms with Crippen molar-refractivity contribution in [1.82, 2.24) is 0 Å². The van der Waals surface area contributed by atoms with Gasteiger partial charge in [0.05, 0.1) is 10.7 Å². The number of halogens is 2. The van der Waals surface area contributed by atoms with Gasteiger partial charge in [0.15, 0.2) is 0 Å². The zero-order valence-electron chi connectivity index (χ0n) is 6.58. The smallest absolute Gasteiger partial charge is 0.145 e. The molecule has 0 spiro atoms. The van der Waals surface area contributed by atoms with Gasteiger partial charge < -0.3 is 4.90 Å². The molecule has 0 bridgehead atoms. The van der Waals surface area contributed by atoms with Crippen LogP contribution in [0.2, 0.25) is 0 Å². The fraction of sp³-hybridized carbons (Fsp3) is 0.125. The topological polar surface area (TPSA) is 15.6 Å². The molecule has 2 heterocycles. The van der Waals surface area contributed by atoms with E-state index in [9.17, 15) is 0 Å². The van der Waals surface area contributed by atoms with Crippen LogP contribution in [0.3, 0.4) is 0 Å². The van der Waals surface area contributed by atoms with Crippen molar-refractivity contribution in [3.05, 3.63) is 28.1 Å². The molecule has 68 valence electrons. The highest BCUT2D eigenvalue weighted by atomic mass is 35.5. The van der Waals surface area contributed by atoms with Gasteiger partial charge in [-0.15, -0.1) is 0 Å². The zero-order chi connectivity index (χ0) is 9.26. The number of nitrogens with zero attached hydrogens (tertiary/aromatic N) is 2. The first-order chi connectivity index (χ1) is 6.27. The molecule has 2 rings (SSSR count). The number of hydrogen-bond donors (Lipinski definition) is 0. The molecule has 1 aromatic heterocycles. The molecule has 0 atom stereocenters. The normalized spacial score (nSPS) is 16.9. The van der Waals surface area contributed by atoms with E-state index < -0.39 is 0 Å². The number of rotatable bonds is 1. The Morgan fingerprint density at radius 1 is 1.46 bits per heavy atom. The second kappa shape index (κ2) is 3.70. The Labute approximate surface area is 90.1 Å². The molecule has 1 aliphatic heterocycles. The first-order valence-electron chi connectivity index (χ1n) is 3.64. The zero-order valence-corrected chi connectivity index (χ0v) is 8.90. The molecular formula is C8H6Cl2N2S. The van der Waals surface area contributed by atoms with Crippen molar-refractivity contribution in [2.75, 3.05) is 11.6 Å². The van der Waals surface area contributed by atoms with E-state index in [1.54, 1.807) is 17.5 Å². The summed E-state index contributed by atoms with van der Waals surface area (Å²) >= 11 is 13.2. The molecule has 0 amide bonds. The highest BCUT2D eigenvalue weighted by Crippen LogP contribution is 2.23. The molecule has 0 aliphatic carbocycles. The summed E-state index contributed by atoms with van der Waals surface area (Å²) in [5.41, 5.74) is 1.09. The maximum Gasteiger partial charge on any atom is 0.145 e. The van der Waals surface area contributed by atoms with Crippen LogP contribution in [0.15, 0.2) is 33.1 Å². The molecule has 0 aromatic carbocycles. The molecule has 0 fully saturated rings. The van der Waals surface area contributed by atoms with Gasteiger partial charge in [-0.1, -0.05) is 23.2 Å². The summed E-state index contributed by atoms with van der Waals surface area (Å²) in [6.07, 6.45) is 1.79. The van der Waals surface area contributed by atoms with Crippen LogP contribution in [0.25, 0.3) is 0 Å². The van der Waals surface area contributed by atoms with Crippen LogP contribution in [0, 0.1) is 0 Å². The lowest BCUT2D eigenvalue weighted by molar-refractivity contribution is 0.968. The molecule has 0 N–H and O–H groups in total. The van der Waals surface area contributed by atoms with E-state index in [1.165, 1.54) is 0 Å². The summed E-state index contributed by atoms with van der Waals surface area (Å²) in [5, 5.41) is 4.92. The van der Waals surface area contributed by atoms with Crippen molar-refractivity contribution < 1.29 is 0 Å². The van der Waals surface area contributed by atoms with Crippen LogP contribution >= 0.6 is 34.5 Å². The van der Waals surface area contributed by atoms with Crippen LogP contribution in [0.1, 0.15) is 0 Å². The highest BCUT2D eigenvalue weighted by Gasteiger charge is 2.12. The Bertz CT molecular complexity index is 356. The van der Waals surface area contributed by atoms with Crippen LogP contribution in [-0.2, 0) is 0 Å². The second-order valence-electron chi connectivity index (χ2n) is 2.52. The van der Waals surface area contributed by atoms with Gasteiger partial charge in [-0.2, -0.15) is 11.3 Å². The van der Waals surface area contributed by atoms with Gasteiger partial charge in [0.25, 0.3) is 0 Å². The Morgan fingerprint density at radius 2 is 2.31 bits per heavy atom. The fourth-order valence-electron chi connectivity index (χ4n) is 1.02. The van der Waals surface area contributed by atoms with Crippen molar-refractivity contribution in [1.29, 1.82) is 0 Å². The lowest BCUT2D eigenvalue weighted by Crippen LogP contribution is -2.20. The Hall–Kier alpha value is -0.510. The van der Waals surface area contributed by atoms with Crippen LogP contribution in [-0.4, -0.2) is 11.8 Å². The van der Waals surface area contributed by atoms with Gasteiger partial charge in [-0.3, -0.25) is 0 Å². The number of hydrogen-bond acceptors (Lipinski definition) is 3. The fourth-order valence-corrected chi connectivity index (χ4v) is 1.95. The molecule has 2 nitrogen and oxygen atoms in total. The highest BCUT2D eigenvalue weighted by molar-refractivity contribution is 7.08. The summed E-state index contributed by atoms with van der Waals surface area (Å²) in [6.45, 7) is 0.534. The molecule has 0 saturated carbocycles. The predicted molar refractivity (Wildman–Crippen MR) is 58.9 cm³/mol. The van der Waals surface area contributed by atoms with Crippen molar-refractivity contribution in [3.8, 4) is 0 Å². The van der Waals surface area contributed by atoms with Crippen molar-refractivity contribution in [2.24, 2.45) is 4.99 Å². The Balaban J connectivity index is 2.23.